The van der Waals surface area contributed by atoms with Gasteiger partial charge in [-0.3, -0.25) is 5.10 Å². The molecule has 1 aromatic heterocycles. The predicted octanol–water partition coefficient (Wildman–Crippen LogP) is 5.42. The van der Waals surface area contributed by atoms with E-state index in [0.717, 1.165) is 28.3 Å². The molecule has 0 atom stereocenters. The maximum Gasteiger partial charge on any atom is 0.119 e. The number of aromatic nitrogens is 2. The normalized spacial score (nSPS) is 10.6. The van der Waals surface area contributed by atoms with Crippen LogP contribution >= 0.6 is 0 Å². The minimum absolute atomic E-state index is 0.826. The van der Waals surface area contributed by atoms with E-state index in [1.54, 1.807) is 7.11 Å². The summed E-state index contributed by atoms with van der Waals surface area (Å²) in [5.74, 6) is 0.826. The van der Waals surface area contributed by atoms with Gasteiger partial charge in [-0.2, -0.15) is 5.10 Å². The van der Waals surface area contributed by atoms with E-state index in [0.29, 0.717) is 0 Å². The smallest absolute Gasteiger partial charge is 0.119 e. The minimum atomic E-state index is 0.826. The van der Waals surface area contributed by atoms with E-state index in [1.165, 1.54) is 11.1 Å². The van der Waals surface area contributed by atoms with Gasteiger partial charge in [-0.15, -0.1) is 0 Å². The van der Waals surface area contributed by atoms with Crippen molar-refractivity contribution in [2.75, 3.05) is 7.11 Å². The van der Waals surface area contributed by atoms with Crippen molar-refractivity contribution in [3.8, 4) is 39.4 Å². The second-order valence-electron chi connectivity index (χ2n) is 5.81. The molecule has 0 aliphatic rings. The third-order valence-corrected chi connectivity index (χ3v) is 4.25. The minimum Gasteiger partial charge on any atom is -0.497 e. The molecule has 4 rings (SSSR count). The van der Waals surface area contributed by atoms with Crippen LogP contribution in [0.1, 0.15) is 0 Å². The van der Waals surface area contributed by atoms with Gasteiger partial charge in [0, 0.05) is 11.1 Å². The Morgan fingerprint density at radius 3 is 2.24 bits per heavy atom. The summed E-state index contributed by atoms with van der Waals surface area (Å²) in [6, 6.07) is 28.8. The van der Waals surface area contributed by atoms with Gasteiger partial charge < -0.3 is 4.74 Å². The van der Waals surface area contributed by atoms with Crippen LogP contribution in [0.3, 0.4) is 0 Å². The Balaban J connectivity index is 1.76. The summed E-state index contributed by atoms with van der Waals surface area (Å²) in [6.45, 7) is 0. The Hall–Kier alpha value is -3.33. The first kappa shape index (κ1) is 15.2. The molecule has 3 nitrogen and oxygen atoms in total. The van der Waals surface area contributed by atoms with Crippen molar-refractivity contribution in [2.24, 2.45) is 0 Å². The average Bonchev–Trinajstić information content (AvgIpc) is 3.19. The number of hydrogen-bond acceptors (Lipinski definition) is 2. The molecule has 0 bridgehead atoms. The van der Waals surface area contributed by atoms with Gasteiger partial charge in [-0.25, -0.2) is 0 Å². The first-order chi connectivity index (χ1) is 12.3. The van der Waals surface area contributed by atoms with Gasteiger partial charge in [0.15, 0.2) is 0 Å². The molecule has 0 saturated carbocycles. The van der Waals surface area contributed by atoms with Gasteiger partial charge in [0.1, 0.15) is 5.75 Å². The number of aromatic amines is 1. The molecule has 0 aliphatic carbocycles. The van der Waals surface area contributed by atoms with E-state index in [1.807, 2.05) is 36.4 Å². The van der Waals surface area contributed by atoms with Crippen LogP contribution in [0, 0.1) is 0 Å². The lowest BCUT2D eigenvalue weighted by Gasteiger charge is -2.07. The Kier molecular flexibility index (Phi) is 4.05. The number of methoxy groups -OCH3 is 1. The molecule has 0 spiro atoms. The zero-order valence-corrected chi connectivity index (χ0v) is 13.9. The molecule has 3 aromatic carbocycles. The molecule has 0 aliphatic heterocycles. The standard InChI is InChI=1S/C22H18N2O/c1-25-18-11-7-10-17(14-18)21-15-22(24-23-21)20-13-6-5-12-19(20)16-8-3-2-4-9-16/h2-15H,1H3,(H,23,24). The molecular formula is C22H18N2O. The lowest BCUT2D eigenvalue weighted by Crippen LogP contribution is -1.84. The van der Waals surface area contributed by atoms with Gasteiger partial charge in [0.2, 0.25) is 0 Å². The van der Waals surface area contributed by atoms with Crippen molar-refractivity contribution in [1.29, 1.82) is 0 Å². The Morgan fingerprint density at radius 1 is 0.720 bits per heavy atom. The van der Waals surface area contributed by atoms with Gasteiger partial charge in [-0.1, -0.05) is 66.7 Å². The molecule has 0 fully saturated rings. The van der Waals surface area contributed by atoms with Crippen LogP contribution in [0.2, 0.25) is 0 Å². The van der Waals surface area contributed by atoms with Crippen molar-refractivity contribution in [1.82, 2.24) is 10.2 Å². The van der Waals surface area contributed by atoms with E-state index in [2.05, 4.69) is 58.7 Å². The zero-order valence-electron chi connectivity index (χ0n) is 13.9. The van der Waals surface area contributed by atoms with Gasteiger partial charge in [-0.05, 0) is 29.3 Å². The maximum absolute atomic E-state index is 5.31. The lowest BCUT2D eigenvalue weighted by molar-refractivity contribution is 0.415. The number of nitrogens with zero attached hydrogens (tertiary/aromatic N) is 1. The quantitative estimate of drug-likeness (QED) is 0.544. The van der Waals surface area contributed by atoms with Gasteiger partial charge in [0.25, 0.3) is 0 Å². The summed E-state index contributed by atoms with van der Waals surface area (Å²) < 4.78 is 5.31. The van der Waals surface area contributed by atoms with Crippen molar-refractivity contribution < 1.29 is 4.74 Å². The molecule has 0 amide bonds. The average molecular weight is 326 g/mol. The predicted molar refractivity (Wildman–Crippen MR) is 101 cm³/mol. The van der Waals surface area contributed by atoms with Crippen LogP contribution in [0.15, 0.2) is 84.9 Å². The zero-order chi connectivity index (χ0) is 17.1. The molecule has 1 heterocycles. The fourth-order valence-corrected chi connectivity index (χ4v) is 2.98. The number of rotatable bonds is 4. The molecule has 122 valence electrons. The molecule has 0 radical (unpaired) electrons. The highest BCUT2D eigenvalue weighted by molar-refractivity contribution is 5.83. The summed E-state index contributed by atoms with van der Waals surface area (Å²) in [5.41, 5.74) is 6.43. The largest absolute Gasteiger partial charge is 0.497 e. The van der Waals surface area contributed by atoms with Crippen molar-refractivity contribution in [2.45, 2.75) is 0 Å². The second-order valence-corrected chi connectivity index (χ2v) is 5.81. The molecule has 0 saturated heterocycles. The van der Waals surface area contributed by atoms with Crippen LogP contribution in [0.25, 0.3) is 33.6 Å². The van der Waals surface area contributed by atoms with Crippen molar-refractivity contribution in [3.63, 3.8) is 0 Å². The Morgan fingerprint density at radius 2 is 1.44 bits per heavy atom. The van der Waals surface area contributed by atoms with Crippen molar-refractivity contribution >= 4 is 0 Å². The van der Waals surface area contributed by atoms with E-state index < -0.39 is 0 Å². The van der Waals surface area contributed by atoms with Crippen LogP contribution < -0.4 is 4.74 Å². The molecule has 4 aromatic rings. The number of ether oxygens (including phenoxy) is 1. The van der Waals surface area contributed by atoms with Gasteiger partial charge >= 0.3 is 0 Å². The van der Waals surface area contributed by atoms with Crippen LogP contribution in [-0.2, 0) is 0 Å². The SMILES string of the molecule is COc1cccc(-c2cc(-c3ccccc3-c3ccccc3)[nH]n2)c1. The van der Waals surface area contributed by atoms with Gasteiger partial charge in [0.05, 0.1) is 18.5 Å². The summed E-state index contributed by atoms with van der Waals surface area (Å²) in [7, 11) is 1.67. The third-order valence-electron chi connectivity index (χ3n) is 4.25. The van der Waals surface area contributed by atoms with E-state index in [4.69, 9.17) is 4.74 Å². The fraction of sp³-hybridized carbons (Fsp3) is 0.0455. The summed E-state index contributed by atoms with van der Waals surface area (Å²) in [4.78, 5) is 0. The molecule has 25 heavy (non-hydrogen) atoms. The number of H-pyrrole nitrogens is 1. The van der Waals surface area contributed by atoms with E-state index >= 15 is 0 Å². The lowest BCUT2D eigenvalue weighted by atomic mass is 9.97. The summed E-state index contributed by atoms with van der Waals surface area (Å²) in [5, 5.41) is 7.67. The number of hydrogen-bond donors (Lipinski definition) is 1. The highest BCUT2D eigenvalue weighted by Crippen LogP contribution is 2.33. The summed E-state index contributed by atoms with van der Waals surface area (Å²) >= 11 is 0. The molecule has 0 unspecified atom stereocenters. The third kappa shape index (κ3) is 3.04. The van der Waals surface area contributed by atoms with Crippen LogP contribution in [-0.4, -0.2) is 17.3 Å². The Labute approximate surface area is 146 Å². The Bertz CT molecular complexity index is 990. The number of benzene rings is 3. The maximum atomic E-state index is 5.31. The fourth-order valence-electron chi connectivity index (χ4n) is 2.98. The molecule has 3 heteroatoms. The van der Waals surface area contributed by atoms with E-state index in [9.17, 15) is 0 Å². The van der Waals surface area contributed by atoms with E-state index in [-0.39, 0.29) is 0 Å². The first-order valence-corrected chi connectivity index (χ1v) is 8.20. The highest BCUT2D eigenvalue weighted by Gasteiger charge is 2.11. The summed E-state index contributed by atoms with van der Waals surface area (Å²) in [6.07, 6.45) is 0. The van der Waals surface area contributed by atoms with Crippen LogP contribution in [0.5, 0.6) is 5.75 Å². The van der Waals surface area contributed by atoms with Crippen LogP contribution in [0.4, 0.5) is 0 Å². The highest BCUT2D eigenvalue weighted by atomic mass is 16.5. The first-order valence-electron chi connectivity index (χ1n) is 8.20. The molecular weight excluding hydrogens is 308 g/mol. The number of nitrogens with one attached hydrogen (secondary N) is 1. The monoisotopic (exact) mass is 326 g/mol. The second kappa shape index (κ2) is 6.65. The van der Waals surface area contributed by atoms with Crippen molar-refractivity contribution in [3.05, 3.63) is 84.9 Å². The topological polar surface area (TPSA) is 37.9 Å². The molecule has 1 N–H and O–H groups in total.